The Labute approximate surface area is 111 Å². The highest BCUT2D eigenvalue weighted by atomic mass is 16.7. The van der Waals surface area contributed by atoms with Crippen LogP contribution in [-0.4, -0.2) is 32.0 Å². The van der Waals surface area contributed by atoms with Gasteiger partial charge in [-0.3, -0.25) is 4.79 Å². The van der Waals surface area contributed by atoms with Crippen molar-refractivity contribution < 1.29 is 19.0 Å². The van der Waals surface area contributed by atoms with Crippen molar-refractivity contribution in [3.8, 4) is 11.5 Å². The summed E-state index contributed by atoms with van der Waals surface area (Å²) < 4.78 is 15.7. The Hall–Kier alpha value is -1.95. The summed E-state index contributed by atoms with van der Waals surface area (Å²) in [7, 11) is 0. The Bertz CT molecular complexity index is 474. The van der Waals surface area contributed by atoms with Crippen LogP contribution in [0.15, 0.2) is 12.1 Å². The number of hydrogen-bond acceptors (Lipinski definition) is 5. The number of carbonyl (C=O) groups excluding carboxylic acids is 1. The van der Waals surface area contributed by atoms with E-state index in [0.717, 1.165) is 0 Å². The van der Waals surface area contributed by atoms with Gasteiger partial charge in [0.15, 0.2) is 11.5 Å². The number of hydrogen-bond donors (Lipinski definition) is 2. The number of nitrogens with one attached hydrogen (secondary N) is 1. The summed E-state index contributed by atoms with van der Waals surface area (Å²) in [5, 5.41) is 2.75. The molecule has 0 fully saturated rings. The first kappa shape index (κ1) is 13.5. The van der Waals surface area contributed by atoms with Crippen molar-refractivity contribution in [3.05, 3.63) is 17.7 Å². The molecule has 0 aliphatic carbocycles. The Balaban J connectivity index is 1.96. The van der Waals surface area contributed by atoms with Gasteiger partial charge in [0.25, 0.3) is 5.91 Å². The third-order valence-electron chi connectivity index (χ3n) is 2.63. The molecule has 6 heteroatoms. The second kappa shape index (κ2) is 5.79. The Kier molecular flexibility index (Phi) is 4.11. The van der Waals surface area contributed by atoms with Crippen LogP contribution >= 0.6 is 0 Å². The standard InChI is InChI=1S/C13H18N2O4/c1-8(2)17-4-3-15-13(16)9-5-11-12(6-10(9)14)19-7-18-11/h5-6,8H,3-4,7,14H2,1-2H3,(H,15,16). The second-order valence-corrected chi connectivity index (χ2v) is 4.47. The van der Waals surface area contributed by atoms with Crippen molar-refractivity contribution in [1.29, 1.82) is 0 Å². The fourth-order valence-electron chi connectivity index (χ4n) is 1.71. The zero-order valence-electron chi connectivity index (χ0n) is 11.1. The lowest BCUT2D eigenvalue weighted by Gasteiger charge is -2.10. The Morgan fingerprint density at radius 1 is 1.42 bits per heavy atom. The van der Waals surface area contributed by atoms with E-state index in [0.29, 0.717) is 35.9 Å². The first-order valence-electron chi connectivity index (χ1n) is 6.17. The van der Waals surface area contributed by atoms with E-state index in [1.807, 2.05) is 13.8 Å². The van der Waals surface area contributed by atoms with Gasteiger partial charge in [-0.15, -0.1) is 0 Å². The molecular weight excluding hydrogens is 248 g/mol. The Morgan fingerprint density at radius 3 is 2.79 bits per heavy atom. The quantitative estimate of drug-likeness (QED) is 0.617. The van der Waals surface area contributed by atoms with Gasteiger partial charge in [0.05, 0.1) is 18.3 Å². The molecular formula is C13H18N2O4. The fraction of sp³-hybridized carbons (Fsp3) is 0.462. The average molecular weight is 266 g/mol. The highest BCUT2D eigenvalue weighted by molar-refractivity contribution is 6.00. The summed E-state index contributed by atoms with van der Waals surface area (Å²) in [6, 6.07) is 3.19. The third-order valence-corrected chi connectivity index (χ3v) is 2.63. The van der Waals surface area contributed by atoms with Crippen LogP contribution in [0.2, 0.25) is 0 Å². The van der Waals surface area contributed by atoms with Gasteiger partial charge in [-0.25, -0.2) is 0 Å². The van der Waals surface area contributed by atoms with Crippen LogP contribution < -0.4 is 20.5 Å². The molecule has 2 rings (SSSR count). The number of anilines is 1. The van der Waals surface area contributed by atoms with Crippen LogP contribution in [0, 0.1) is 0 Å². The summed E-state index contributed by atoms with van der Waals surface area (Å²) in [6.07, 6.45) is 0.146. The van der Waals surface area contributed by atoms with Gasteiger partial charge in [-0.1, -0.05) is 0 Å². The maximum absolute atomic E-state index is 12.0. The first-order chi connectivity index (χ1) is 9.08. The third kappa shape index (κ3) is 3.29. The average Bonchev–Trinajstić information content (AvgIpc) is 2.80. The molecule has 3 N–H and O–H groups in total. The molecule has 1 aromatic rings. The molecule has 0 bridgehead atoms. The smallest absolute Gasteiger partial charge is 0.253 e. The van der Waals surface area contributed by atoms with E-state index in [1.54, 1.807) is 12.1 Å². The molecule has 0 unspecified atom stereocenters. The zero-order chi connectivity index (χ0) is 13.8. The molecule has 1 amide bonds. The first-order valence-corrected chi connectivity index (χ1v) is 6.17. The number of carbonyl (C=O) groups is 1. The Morgan fingerprint density at radius 2 is 2.11 bits per heavy atom. The van der Waals surface area contributed by atoms with Gasteiger partial charge in [0, 0.05) is 18.3 Å². The molecule has 1 heterocycles. The van der Waals surface area contributed by atoms with Crippen LogP contribution in [0.25, 0.3) is 0 Å². The SMILES string of the molecule is CC(C)OCCNC(=O)c1cc2c(cc1N)OCO2. The van der Waals surface area contributed by atoms with Crippen molar-refractivity contribution in [3.63, 3.8) is 0 Å². The van der Waals surface area contributed by atoms with Gasteiger partial charge in [0.2, 0.25) is 6.79 Å². The van der Waals surface area contributed by atoms with Gasteiger partial charge >= 0.3 is 0 Å². The number of nitrogen functional groups attached to an aromatic ring is 1. The van der Waals surface area contributed by atoms with E-state index in [1.165, 1.54) is 0 Å². The van der Waals surface area contributed by atoms with Crippen molar-refractivity contribution in [2.75, 3.05) is 25.7 Å². The van der Waals surface area contributed by atoms with Crippen molar-refractivity contribution in [1.82, 2.24) is 5.32 Å². The second-order valence-electron chi connectivity index (χ2n) is 4.47. The maximum atomic E-state index is 12.0. The predicted octanol–water partition coefficient (Wildman–Crippen LogP) is 1.15. The lowest BCUT2D eigenvalue weighted by molar-refractivity contribution is 0.0747. The molecule has 6 nitrogen and oxygen atoms in total. The minimum absolute atomic E-state index is 0.146. The predicted molar refractivity (Wildman–Crippen MR) is 70.4 cm³/mol. The molecule has 1 aliphatic heterocycles. The van der Waals surface area contributed by atoms with E-state index < -0.39 is 0 Å². The van der Waals surface area contributed by atoms with E-state index >= 15 is 0 Å². The lowest BCUT2D eigenvalue weighted by atomic mass is 10.1. The van der Waals surface area contributed by atoms with E-state index in [-0.39, 0.29) is 18.8 Å². The topological polar surface area (TPSA) is 82.8 Å². The monoisotopic (exact) mass is 266 g/mol. The lowest BCUT2D eigenvalue weighted by Crippen LogP contribution is -2.28. The maximum Gasteiger partial charge on any atom is 0.253 e. The van der Waals surface area contributed by atoms with Crippen molar-refractivity contribution >= 4 is 11.6 Å². The molecule has 1 aliphatic rings. The van der Waals surface area contributed by atoms with Gasteiger partial charge in [-0.2, -0.15) is 0 Å². The molecule has 0 saturated carbocycles. The summed E-state index contributed by atoms with van der Waals surface area (Å²) in [6.45, 7) is 4.94. The molecule has 19 heavy (non-hydrogen) atoms. The van der Waals surface area contributed by atoms with E-state index in [4.69, 9.17) is 19.9 Å². The molecule has 0 spiro atoms. The molecule has 0 aromatic heterocycles. The van der Waals surface area contributed by atoms with Crippen LogP contribution in [-0.2, 0) is 4.74 Å². The highest BCUT2D eigenvalue weighted by Crippen LogP contribution is 2.35. The minimum Gasteiger partial charge on any atom is -0.454 e. The molecule has 1 aromatic carbocycles. The summed E-state index contributed by atoms with van der Waals surface area (Å²) >= 11 is 0. The number of benzene rings is 1. The highest BCUT2D eigenvalue weighted by Gasteiger charge is 2.19. The largest absolute Gasteiger partial charge is 0.454 e. The number of ether oxygens (including phenoxy) is 3. The van der Waals surface area contributed by atoms with Crippen LogP contribution in [0.5, 0.6) is 11.5 Å². The van der Waals surface area contributed by atoms with Crippen molar-refractivity contribution in [2.45, 2.75) is 20.0 Å². The molecule has 0 radical (unpaired) electrons. The zero-order valence-corrected chi connectivity index (χ0v) is 11.1. The number of nitrogens with two attached hydrogens (primary N) is 1. The van der Waals surface area contributed by atoms with Crippen molar-refractivity contribution in [2.24, 2.45) is 0 Å². The number of rotatable bonds is 5. The molecule has 0 atom stereocenters. The van der Waals surface area contributed by atoms with Crippen LogP contribution in [0.4, 0.5) is 5.69 Å². The van der Waals surface area contributed by atoms with Gasteiger partial charge in [0.1, 0.15) is 0 Å². The number of amides is 1. The fourth-order valence-corrected chi connectivity index (χ4v) is 1.71. The van der Waals surface area contributed by atoms with Crippen LogP contribution in [0.3, 0.4) is 0 Å². The summed E-state index contributed by atoms with van der Waals surface area (Å²) in [5.74, 6) is 0.859. The van der Waals surface area contributed by atoms with E-state index in [9.17, 15) is 4.79 Å². The van der Waals surface area contributed by atoms with Gasteiger partial charge in [-0.05, 0) is 19.9 Å². The van der Waals surface area contributed by atoms with E-state index in [2.05, 4.69) is 5.32 Å². The summed E-state index contributed by atoms with van der Waals surface area (Å²) in [4.78, 5) is 12.0. The normalized spacial score (nSPS) is 12.8. The van der Waals surface area contributed by atoms with Gasteiger partial charge < -0.3 is 25.3 Å². The molecule has 0 saturated heterocycles. The number of fused-ring (bicyclic) bond motifs is 1. The minimum atomic E-state index is -0.247. The van der Waals surface area contributed by atoms with Crippen LogP contribution in [0.1, 0.15) is 24.2 Å². The summed E-state index contributed by atoms with van der Waals surface area (Å²) in [5.41, 5.74) is 6.57. The molecule has 104 valence electrons.